The SMILES string of the molecule is c1ccc(C2(c3ccc(N(c4ccc5c(c4)C(c4ccccc4)(c4ccccc4)c4ccccc4-5)c4ccc5c(c4)C4(c6ccccc6-5)c5cc(C6C7CC8CC(C7)CC6C8)ccc5-c5ccc(C67CC8CC(CC(C8)C6)C7)cc54)cc3)c3ccccc3-c3ccccc32)cc1. The second kappa shape index (κ2) is 20.0. The lowest BCUT2D eigenvalue weighted by molar-refractivity contribution is -0.00522. The van der Waals surface area contributed by atoms with Crippen LogP contribution in [0.25, 0.3) is 44.5 Å². The fraction of sp³-hybridized carbons (Fsp3) is 0.242. The summed E-state index contributed by atoms with van der Waals surface area (Å²) in [7, 11) is 0. The molecule has 96 heavy (non-hydrogen) atoms. The van der Waals surface area contributed by atoms with Gasteiger partial charge in [0.25, 0.3) is 0 Å². The number of benzene rings is 12. The molecule has 1 atom stereocenters. The lowest BCUT2D eigenvalue weighted by atomic mass is 9.48. The van der Waals surface area contributed by atoms with Gasteiger partial charge in [0.1, 0.15) is 0 Å². The van der Waals surface area contributed by atoms with Crippen LogP contribution in [0.3, 0.4) is 0 Å². The third-order valence-electron chi connectivity index (χ3n) is 27.1. The molecule has 1 nitrogen and oxygen atoms in total. The number of nitrogens with zero attached hydrogens (tertiary/aromatic N) is 1. The molecule has 1 unspecified atom stereocenters. The smallest absolute Gasteiger partial charge is 0.0726 e. The van der Waals surface area contributed by atoms with Crippen LogP contribution in [-0.2, 0) is 21.7 Å². The molecule has 12 aromatic carbocycles. The van der Waals surface area contributed by atoms with E-state index in [0.717, 1.165) is 52.8 Å². The summed E-state index contributed by atoms with van der Waals surface area (Å²) in [6.45, 7) is 0. The fourth-order valence-corrected chi connectivity index (χ4v) is 24.4. The highest BCUT2D eigenvalue weighted by molar-refractivity contribution is 5.98. The Balaban J connectivity index is 0.793. The minimum Gasteiger partial charge on any atom is -0.310 e. The van der Waals surface area contributed by atoms with E-state index in [-0.39, 0.29) is 5.41 Å². The molecule has 0 N–H and O–H groups in total. The second-order valence-electron chi connectivity index (χ2n) is 31.6. The van der Waals surface area contributed by atoms with E-state index in [9.17, 15) is 0 Å². The first-order valence-electron chi connectivity index (χ1n) is 36.5. The summed E-state index contributed by atoms with van der Waals surface area (Å²) in [5.41, 5.74) is 32.4. The van der Waals surface area contributed by atoms with Crippen LogP contribution in [0.2, 0.25) is 0 Å². The minimum atomic E-state index is -0.574. The Bertz CT molecular complexity index is 5040. The number of fused-ring (bicyclic) bond motifs is 16. The van der Waals surface area contributed by atoms with Gasteiger partial charge in [0.2, 0.25) is 0 Å². The molecule has 24 rings (SSSR count). The Morgan fingerprint density at radius 1 is 0.229 bits per heavy atom. The Kier molecular flexibility index (Phi) is 11.4. The Morgan fingerprint density at radius 3 is 1.02 bits per heavy atom. The van der Waals surface area contributed by atoms with Crippen molar-refractivity contribution < 1.29 is 0 Å². The second-order valence-corrected chi connectivity index (χ2v) is 31.6. The van der Waals surface area contributed by atoms with Gasteiger partial charge in [0.15, 0.2) is 0 Å². The minimum absolute atomic E-state index is 0.251. The highest BCUT2D eigenvalue weighted by Crippen LogP contribution is 2.69. The van der Waals surface area contributed by atoms with E-state index in [1.807, 2.05) is 0 Å². The predicted molar refractivity (Wildman–Crippen MR) is 392 cm³/mol. The molecule has 12 aliphatic carbocycles. The van der Waals surface area contributed by atoms with E-state index in [1.54, 1.807) is 11.1 Å². The van der Waals surface area contributed by atoms with E-state index >= 15 is 0 Å². The van der Waals surface area contributed by atoms with E-state index in [4.69, 9.17) is 0 Å². The molecule has 1 heteroatoms. The molecule has 462 valence electrons. The molecular formula is C95H77N. The van der Waals surface area contributed by atoms with Crippen LogP contribution in [0.4, 0.5) is 17.1 Å². The van der Waals surface area contributed by atoms with Gasteiger partial charge in [-0.3, -0.25) is 0 Å². The van der Waals surface area contributed by atoms with Crippen molar-refractivity contribution in [2.24, 2.45) is 41.4 Å². The molecule has 8 saturated carbocycles. The summed E-state index contributed by atoms with van der Waals surface area (Å²) >= 11 is 0. The topological polar surface area (TPSA) is 3.24 Å². The zero-order chi connectivity index (χ0) is 62.6. The fourth-order valence-electron chi connectivity index (χ4n) is 24.4. The van der Waals surface area contributed by atoms with Crippen LogP contribution in [0, 0.1) is 41.4 Å². The Labute approximate surface area is 565 Å². The quantitative estimate of drug-likeness (QED) is 0.139. The highest BCUT2D eigenvalue weighted by atomic mass is 15.1. The molecular weight excluding hydrogens is 1160 g/mol. The van der Waals surface area contributed by atoms with Crippen LogP contribution in [-0.4, -0.2) is 0 Å². The van der Waals surface area contributed by atoms with E-state index in [0.29, 0.717) is 5.92 Å². The molecule has 0 heterocycles. The van der Waals surface area contributed by atoms with Crippen LogP contribution in [0.5, 0.6) is 0 Å². The highest BCUT2D eigenvalue weighted by Gasteiger charge is 2.57. The number of hydrogen-bond donors (Lipinski definition) is 0. The van der Waals surface area contributed by atoms with Gasteiger partial charge < -0.3 is 4.90 Å². The van der Waals surface area contributed by atoms with E-state index in [1.165, 1.54) is 188 Å². The van der Waals surface area contributed by atoms with Gasteiger partial charge in [-0.25, -0.2) is 0 Å². The molecule has 0 aliphatic heterocycles. The van der Waals surface area contributed by atoms with Crippen LogP contribution >= 0.6 is 0 Å². The largest absolute Gasteiger partial charge is 0.310 e. The summed E-state index contributed by atoms with van der Waals surface area (Å²) < 4.78 is 0. The molecule has 12 aromatic rings. The van der Waals surface area contributed by atoms with Crippen molar-refractivity contribution in [1.29, 1.82) is 0 Å². The standard InChI is InChI=1S/C95H77N/c1-4-18-67(19-5-1)93(83-28-14-10-24-75(83)76-25-11-15-29-84(76)93)70-33-36-72(37-34-70)96(73-38-42-81-77-26-12-16-30-85(77)94(89(81)54-73,68-20-6-2-7-21-68)69-22-8-3-9-23-69)74-39-43-82-78-27-13-17-31-86(78)95(90(82)55-74)87-52-64(91-65-48-59-44-60(50-65)51-66(91)49-59)32-40-79(87)80-41-35-71(53-88(80)95)92-56-61-45-62(57-92)47-63(46-61)58-92/h1-43,52-55,59-63,65-66,91H,44-51,56-58H2. The monoisotopic (exact) mass is 1230 g/mol. The zero-order valence-electron chi connectivity index (χ0n) is 54.5. The van der Waals surface area contributed by atoms with Crippen molar-refractivity contribution >= 4 is 17.1 Å². The van der Waals surface area contributed by atoms with Crippen molar-refractivity contribution in [3.05, 3.63) is 363 Å². The van der Waals surface area contributed by atoms with Gasteiger partial charge in [-0.05, 0) is 282 Å². The van der Waals surface area contributed by atoms with Crippen molar-refractivity contribution in [1.82, 2.24) is 0 Å². The zero-order valence-corrected chi connectivity index (χ0v) is 54.5. The Morgan fingerprint density at radius 2 is 0.552 bits per heavy atom. The molecule has 0 radical (unpaired) electrons. The van der Waals surface area contributed by atoms with E-state index in [2.05, 4.69) is 290 Å². The van der Waals surface area contributed by atoms with Gasteiger partial charge in [-0.2, -0.15) is 0 Å². The van der Waals surface area contributed by atoms with Gasteiger partial charge in [-0.15, -0.1) is 0 Å². The van der Waals surface area contributed by atoms with Crippen molar-refractivity contribution in [2.75, 3.05) is 4.90 Å². The molecule has 0 amide bonds. The van der Waals surface area contributed by atoms with Crippen molar-refractivity contribution in [3.63, 3.8) is 0 Å². The average Bonchev–Trinajstić information content (AvgIpc) is 1.49. The summed E-state index contributed by atoms with van der Waals surface area (Å²) in [6.07, 6.45) is 15.5. The summed E-state index contributed by atoms with van der Waals surface area (Å²) in [6, 6.07) is 113. The molecule has 8 fully saturated rings. The van der Waals surface area contributed by atoms with Gasteiger partial charge >= 0.3 is 0 Å². The van der Waals surface area contributed by atoms with Crippen LogP contribution in [0.15, 0.2) is 285 Å². The summed E-state index contributed by atoms with van der Waals surface area (Å²) in [5.74, 6) is 6.66. The maximum Gasteiger partial charge on any atom is 0.0726 e. The lowest BCUT2D eigenvalue weighted by Gasteiger charge is -2.57. The normalized spacial score (nSPS) is 26.5. The number of rotatable bonds is 9. The first-order chi connectivity index (χ1) is 47.5. The third kappa shape index (κ3) is 7.22. The summed E-state index contributed by atoms with van der Waals surface area (Å²) in [5, 5.41) is 0. The molecule has 0 aromatic heterocycles. The maximum atomic E-state index is 2.84. The van der Waals surface area contributed by atoms with Gasteiger partial charge in [0.05, 0.1) is 16.2 Å². The van der Waals surface area contributed by atoms with Crippen LogP contribution < -0.4 is 4.90 Å². The van der Waals surface area contributed by atoms with Crippen molar-refractivity contribution in [3.8, 4) is 44.5 Å². The van der Waals surface area contributed by atoms with Crippen molar-refractivity contribution in [2.45, 2.75) is 98.2 Å². The number of anilines is 3. The Hall–Kier alpha value is -9.56. The summed E-state index contributed by atoms with van der Waals surface area (Å²) in [4.78, 5) is 2.64. The third-order valence-corrected chi connectivity index (χ3v) is 27.1. The lowest BCUT2D eigenvalue weighted by Crippen LogP contribution is -2.48. The van der Waals surface area contributed by atoms with Crippen LogP contribution in [0.1, 0.15) is 154 Å². The molecule has 8 bridgehead atoms. The van der Waals surface area contributed by atoms with Gasteiger partial charge in [-0.1, -0.05) is 249 Å². The molecule has 0 saturated heterocycles. The maximum absolute atomic E-state index is 2.84. The molecule has 1 spiro atoms. The first kappa shape index (κ1) is 54.7. The predicted octanol–water partition coefficient (Wildman–Crippen LogP) is 23.2. The molecule has 12 aliphatic rings. The number of hydrogen-bond acceptors (Lipinski definition) is 1. The van der Waals surface area contributed by atoms with E-state index < -0.39 is 16.2 Å². The first-order valence-corrected chi connectivity index (χ1v) is 36.5. The van der Waals surface area contributed by atoms with Gasteiger partial charge in [0, 0.05) is 17.1 Å². The average molecular weight is 1230 g/mol.